The number of amides is 2. The minimum atomic E-state index is -1.01. The number of nitrogens with zero attached hydrogens (tertiary/aromatic N) is 2. The summed E-state index contributed by atoms with van der Waals surface area (Å²) in [7, 11) is 0. The van der Waals surface area contributed by atoms with Crippen molar-refractivity contribution in [1.82, 2.24) is 4.90 Å². The largest absolute Gasteiger partial charge is 0.481 e. The van der Waals surface area contributed by atoms with Crippen LogP contribution >= 0.6 is 23.2 Å². The number of aliphatic hydroxyl groups is 1. The topological polar surface area (TPSA) is 98.2 Å². The van der Waals surface area contributed by atoms with Crippen LogP contribution in [0.25, 0.3) is 0 Å². The first kappa shape index (κ1) is 28.4. The highest BCUT2D eigenvalue weighted by Gasteiger charge is 2.47. The fourth-order valence-corrected chi connectivity index (χ4v) is 6.26. The van der Waals surface area contributed by atoms with Crippen LogP contribution in [-0.2, 0) is 16.1 Å². The summed E-state index contributed by atoms with van der Waals surface area (Å²) < 4.78 is 0. The Morgan fingerprint density at radius 1 is 1.00 bits per heavy atom. The van der Waals surface area contributed by atoms with Crippen LogP contribution in [0.15, 0.2) is 42.5 Å². The molecule has 1 unspecified atom stereocenters. The van der Waals surface area contributed by atoms with E-state index in [1.165, 1.54) is 0 Å². The molecule has 1 atom stereocenters. The third kappa shape index (κ3) is 6.68. The van der Waals surface area contributed by atoms with Gasteiger partial charge >= 0.3 is 12.0 Å². The van der Waals surface area contributed by atoms with Gasteiger partial charge in [-0.3, -0.25) is 14.5 Å². The van der Waals surface area contributed by atoms with Crippen molar-refractivity contribution in [2.75, 3.05) is 24.6 Å². The molecular weight excluding hydrogens is 527 g/mol. The Morgan fingerprint density at radius 2 is 1.68 bits per heavy atom. The van der Waals surface area contributed by atoms with Crippen molar-refractivity contribution in [3.63, 3.8) is 0 Å². The molecule has 2 aromatic rings. The molecule has 0 spiro atoms. The van der Waals surface area contributed by atoms with Crippen LogP contribution in [0.4, 0.5) is 10.5 Å². The van der Waals surface area contributed by atoms with E-state index in [1.54, 1.807) is 28.0 Å². The highest BCUT2D eigenvalue weighted by atomic mass is 35.5. The van der Waals surface area contributed by atoms with Gasteiger partial charge in [-0.25, -0.2) is 4.79 Å². The summed E-state index contributed by atoms with van der Waals surface area (Å²) in [6, 6.07) is 12.3. The lowest BCUT2D eigenvalue weighted by atomic mass is 9.72. The van der Waals surface area contributed by atoms with Gasteiger partial charge in [0, 0.05) is 59.7 Å². The van der Waals surface area contributed by atoms with Crippen LogP contribution < -0.4 is 4.90 Å². The van der Waals surface area contributed by atoms with Crippen molar-refractivity contribution in [2.45, 2.75) is 52.0 Å². The van der Waals surface area contributed by atoms with Crippen LogP contribution in [-0.4, -0.2) is 52.6 Å². The van der Waals surface area contributed by atoms with Gasteiger partial charge in [0.05, 0.1) is 6.42 Å². The molecule has 1 aliphatic carbocycles. The number of aryl methyl sites for hydroxylation is 1. The van der Waals surface area contributed by atoms with Gasteiger partial charge in [0.2, 0.25) is 0 Å². The molecule has 38 heavy (non-hydrogen) atoms. The van der Waals surface area contributed by atoms with E-state index in [0.717, 1.165) is 18.4 Å². The van der Waals surface area contributed by atoms with E-state index in [2.05, 4.69) is 0 Å². The maximum absolute atomic E-state index is 13.8. The van der Waals surface area contributed by atoms with Crippen LogP contribution in [0.3, 0.4) is 0 Å². The first-order valence-corrected chi connectivity index (χ1v) is 13.8. The number of carboxylic acid groups (broad SMARTS) is 1. The number of carboxylic acids is 1. The van der Waals surface area contributed by atoms with E-state index in [1.807, 2.05) is 31.2 Å². The number of aliphatic carboxylic acids is 1. The van der Waals surface area contributed by atoms with E-state index in [9.17, 15) is 24.6 Å². The van der Waals surface area contributed by atoms with Gasteiger partial charge < -0.3 is 15.1 Å². The number of anilines is 1. The van der Waals surface area contributed by atoms with Gasteiger partial charge in [0.1, 0.15) is 5.78 Å². The maximum Gasteiger partial charge on any atom is 0.324 e. The Kier molecular flexibility index (Phi) is 9.01. The number of halogens is 2. The number of hydrogen-bond donors (Lipinski definition) is 2. The summed E-state index contributed by atoms with van der Waals surface area (Å²) in [6.45, 7) is 2.49. The van der Waals surface area contributed by atoms with Crippen molar-refractivity contribution in [1.29, 1.82) is 0 Å². The van der Waals surface area contributed by atoms with E-state index in [0.29, 0.717) is 34.1 Å². The lowest BCUT2D eigenvalue weighted by Gasteiger charge is -2.47. The number of benzene rings is 2. The van der Waals surface area contributed by atoms with E-state index in [-0.39, 0.29) is 62.7 Å². The minimum Gasteiger partial charge on any atom is -0.481 e. The Hall–Kier alpha value is -2.61. The van der Waals surface area contributed by atoms with Crippen molar-refractivity contribution in [3.8, 4) is 0 Å². The number of aliphatic hydroxyl groups excluding tert-OH is 1. The average Bonchev–Trinajstić information content (AvgIpc) is 2.88. The molecule has 0 radical (unpaired) electrons. The number of hydrogen-bond acceptors (Lipinski definition) is 4. The van der Waals surface area contributed by atoms with Crippen molar-refractivity contribution in [2.24, 2.45) is 17.3 Å². The number of carbonyl (C=O) groups excluding carboxylic acids is 2. The molecule has 4 rings (SSSR count). The normalized spacial score (nSPS) is 23.9. The number of ketones is 1. The number of Topliss-reactive ketones (excluding diaryl/α,β-unsaturated/α-hetero) is 1. The van der Waals surface area contributed by atoms with E-state index in [4.69, 9.17) is 23.2 Å². The molecule has 2 amide bonds. The van der Waals surface area contributed by atoms with Crippen LogP contribution in [0.5, 0.6) is 0 Å². The highest BCUT2D eigenvalue weighted by molar-refractivity contribution is 6.35. The molecule has 2 N–H and O–H groups in total. The second-order valence-electron chi connectivity index (χ2n) is 10.9. The first-order chi connectivity index (χ1) is 18.1. The fourth-order valence-electron chi connectivity index (χ4n) is 5.79. The Bertz CT molecular complexity index is 1180. The third-order valence-electron chi connectivity index (χ3n) is 7.88. The number of urea groups is 1. The first-order valence-electron chi connectivity index (χ1n) is 13.0. The molecule has 1 aliphatic heterocycles. The molecule has 7 nitrogen and oxygen atoms in total. The minimum absolute atomic E-state index is 0.0327. The summed E-state index contributed by atoms with van der Waals surface area (Å²) in [5.41, 5.74) is 1.40. The molecule has 9 heteroatoms. The Balaban J connectivity index is 1.67. The van der Waals surface area contributed by atoms with Crippen molar-refractivity contribution in [3.05, 3.63) is 63.6 Å². The summed E-state index contributed by atoms with van der Waals surface area (Å²) in [4.78, 5) is 42.6. The van der Waals surface area contributed by atoms with E-state index < -0.39 is 11.4 Å². The third-order valence-corrected chi connectivity index (χ3v) is 8.47. The standard InChI is InChI=1S/C29H34Cl2N2O5/c1-19-2-10-24(11-3-19)33-18-29(14-27(36)37,13-26(35)21-6-4-20(16-34)5-7-21)17-32(28(33)38)15-22-8-9-23(30)12-25(22)31/h2-3,8-12,20-21,34H,4-7,13-18H2,1H3,(H,36,37). The summed E-state index contributed by atoms with van der Waals surface area (Å²) >= 11 is 12.5. The molecule has 2 aliphatic rings. The molecule has 1 saturated carbocycles. The highest BCUT2D eigenvalue weighted by Crippen LogP contribution is 2.40. The van der Waals surface area contributed by atoms with Gasteiger partial charge in [-0.05, 0) is 68.4 Å². The molecule has 2 fully saturated rings. The fraction of sp³-hybridized carbons (Fsp3) is 0.483. The monoisotopic (exact) mass is 560 g/mol. The lowest BCUT2D eigenvalue weighted by Crippen LogP contribution is -2.59. The smallest absolute Gasteiger partial charge is 0.324 e. The maximum atomic E-state index is 13.8. The zero-order chi connectivity index (χ0) is 27.4. The molecular formula is C29H34Cl2N2O5. The van der Waals surface area contributed by atoms with Crippen molar-refractivity contribution >= 4 is 46.7 Å². The summed E-state index contributed by atoms with van der Waals surface area (Å²) in [6.07, 6.45) is 2.78. The quantitative estimate of drug-likeness (QED) is 0.394. The molecule has 1 heterocycles. The van der Waals surface area contributed by atoms with Gasteiger partial charge in [-0.2, -0.15) is 0 Å². The van der Waals surface area contributed by atoms with Crippen LogP contribution in [0.1, 0.15) is 49.7 Å². The van der Waals surface area contributed by atoms with Gasteiger partial charge in [0.25, 0.3) is 0 Å². The molecule has 0 bridgehead atoms. The number of rotatable bonds is 9. The summed E-state index contributed by atoms with van der Waals surface area (Å²) in [5, 5.41) is 20.3. The molecule has 2 aromatic carbocycles. The molecule has 0 aromatic heterocycles. The van der Waals surface area contributed by atoms with Crippen molar-refractivity contribution < 1.29 is 24.6 Å². The van der Waals surface area contributed by atoms with Crippen LogP contribution in [0, 0.1) is 24.2 Å². The SMILES string of the molecule is Cc1ccc(N2CC(CC(=O)O)(CC(=O)C3CCC(CO)CC3)CN(Cc3ccc(Cl)cc3Cl)C2=O)cc1. The van der Waals surface area contributed by atoms with Gasteiger partial charge in [-0.1, -0.05) is 47.0 Å². The number of carbonyl (C=O) groups is 3. The van der Waals surface area contributed by atoms with Gasteiger partial charge in [-0.15, -0.1) is 0 Å². The molecule has 204 valence electrons. The second kappa shape index (κ2) is 12.1. The van der Waals surface area contributed by atoms with E-state index >= 15 is 0 Å². The Morgan fingerprint density at radius 3 is 2.29 bits per heavy atom. The zero-order valence-corrected chi connectivity index (χ0v) is 23.0. The Labute approximate surface area is 233 Å². The predicted octanol–water partition coefficient (Wildman–Crippen LogP) is 5.96. The van der Waals surface area contributed by atoms with Gasteiger partial charge in [0.15, 0.2) is 0 Å². The zero-order valence-electron chi connectivity index (χ0n) is 21.5. The second-order valence-corrected chi connectivity index (χ2v) is 11.8. The summed E-state index contributed by atoms with van der Waals surface area (Å²) in [5.74, 6) is -0.918. The predicted molar refractivity (Wildman–Crippen MR) is 148 cm³/mol. The molecule has 1 saturated heterocycles. The van der Waals surface area contributed by atoms with Crippen LogP contribution in [0.2, 0.25) is 10.0 Å². The average molecular weight is 562 g/mol. The lowest BCUT2D eigenvalue weighted by molar-refractivity contribution is -0.141.